The molecule has 0 aliphatic carbocycles. The quantitative estimate of drug-likeness (QED) is 0.516. The molecule has 0 saturated heterocycles. The van der Waals surface area contributed by atoms with Gasteiger partial charge in [0.15, 0.2) is 11.0 Å². The zero-order valence-corrected chi connectivity index (χ0v) is 18.2. The Balaban J connectivity index is 1.70. The third-order valence-corrected chi connectivity index (χ3v) is 5.74. The standard InChI is InChI=1S/C20H21BrN4O2S/c1-12(2)14-6-4-5-7-16(14)22-18(27)11-28-20-24-23-19(25(20)3)15-10-13(21)8-9-17(15)26/h4-10,12,26H,11H2,1-3H3,(H,22,27). The summed E-state index contributed by atoms with van der Waals surface area (Å²) in [4.78, 5) is 12.4. The second-order valence-corrected chi connectivity index (χ2v) is 8.46. The number of carbonyl (C=O) groups is 1. The first-order chi connectivity index (χ1) is 13.4. The van der Waals surface area contributed by atoms with Gasteiger partial charge in [-0.25, -0.2) is 0 Å². The number of carbonyl (C=O) groups excluding carboxylic acids is 1. The topological polar surface area (TPSA) is 80.0 Å². The number of hydrogen-bond donors (Lipinski definition) is 2. The van der Waals surface area contributed by atoms with Crippen LogP contribution in [0, 0.1) is 0 Å². The summed E-state index contributed by atoms with van der Waals surface area (Å²) in [7, 11) is 1.81. The lowest BCUT2D eigenvalue weighted by Gasteiger charge is -2.13. The van der Waals surface area contributed by atoms with E-state index in [2.05, 4.69) is 45.3 Å². The van der Waals surface area contributed by atoms with Crippen molar-refractivity contribution < 1.29 is 9.90 Å². The maximum atomic E-state index is 12.4. The van der Waals surface area contributed by atoms with Gasteiger partial charge in [-0.3, -0.25) is 4.79 Å². The Morgan fingerprint density at radius 2 is 2.00 bits per heavy atom. The van der Waals surface area contributed by atoms with Crippen LogP contribution in [0.25, 0.3) is 11.4 Å². The largest absolute Gasteiger partial charge is 0.507 e. The average molecular weight is 461 g/mol. The SMILES string of the molecule is CC(C)c1ccccc1NC(=O)CSc1nnc(-c2cc(Br)ccc2O)n1C. The maximum absolute atomic E-state index is 12.4. The number of amides is 1. The normalized spacial score (nSPS) is 11.0. The van der Waals surface area contributed by atoms with Gasteiger partial charge in [0.2, 0.25) is 5.91 Å². The highest BCUT2D eigenvalue weighted by Gasteiger charge is 2.16. The number of halogens is 1. The highest BCUT2D eigenvalue weighted by Crippen LogP contribution is 2.32. The first kappa shape index (κ1) is 20.4. The molecule has 0 bridgehead atoms. The van der Waals surface area contributed by atoms with Crippen LogP contribution in [-0.4, -0.2) is 31.5 Å². The Morgan fingerprint density at radius 3 is 2.75 bits per heavy atom. The summed E-state index contributed by atoms with van der Waals surface area (Å²) in [5.74, 6) is 1.09. The number of rotatable bonds is 6. The van der Waals surface area contributed by atoms with Gasteiger partial charge in [0.25, 0.3) is 0 Å². The smallest absolute Gasteiger partial charge is 0.234 e. The van der Waals surface area contributed by atoms with E-state index < -0.39 is 0 Å². The van der Waals surface area contributed by atoms with E-state index in [0.717, 1.165) is 15.7 Å². The van der Waals surface area contributed by atoms with Gasteiger partial charge in [0.1, 0.15) is 5.75 Å². The van der Waals surface area contributed by atoms with E-state index in [0.29, 0.717) is 22.5 Å². The van der Waals surface area contributed by atoms with Crippen LogP contribution >= 0.6 is 27.7 Å². The fourth-order valence-electron chi connectivity index (χ4n) is 2.79. The number of benzene rings is 2. The number of para-hydroxylation sites is 1. The van der Waals surface area contributed by atoms with Crippen LogP contribution in [0.3, 0.4) is 0 Å². The number of phenols is 1. The molecule has 1 amide bonds. The number of thioether (sulfide) groups is 1. The van der Waals surface area contributed by atoms with Crippen LogP contribution in [0.15, 0.2) is 52.1 Å². The number of hydrogen-bond acceptors (Lipinski definition) is 5. The second kappa shape index (κ2) is 8.79. The lowest BCUT2D eigenvalue weighted by Crippen LogP contribution is -2.16. The Hall–Kier alpha value is -2.32. The molecule has 2 aromatic carbocycles. The summed E-state index contributed by atoms with van der Waals surface area (Å²) in [6.45, 7) is 4.19. The van der Waals surface area contributed by atoms with E-state index in [9.17, 15) is 9.90 Å². The molecule has 146 valence electrons. The zero-order valence-electron chi connectivity index (χ0n) is 15.8. The lowest BCUT2D eigenvalue weighted by molar-refractivity contribution is -0.113. The highest BCUT2D eigenvalue weighted by atomic mass is 79.9. The molecule has 0 spiro atoms. The summed E-state index contributed by atoms with van der Waals surface area (Å²) in [6, 6.07) is 12.9. The third-order valence-electron chi connectivity index (χ3n) is 4.22. The monoisotopic (exact) mass is 460 g/mol. The number of aromatic hydroxyl groups is 1. The summed E-state index contributed by atoms with van der Waals surface area (Å²) in [6.07, 6.45) is 0. The van der Waals surface area contributed by atoms with Gasteiger partial charge in [-0.1, -0.05) is 59.7 Å². The van der Waals surface area contributed by atoms with E-state index in [1.807, 2.05) is 31.3 Å². The Labute approximate surface area is 176 Å². The summed E-state index contributed by atoms with van der Waals surface area (Å²) in [5, 5.41) is 22.0. The third kappa shape index (κ3) is 4.56. The molecule has 3 rings (SSSR count). The Kier molecular flexibility index (Phi) is 6.41. The average Bonchev–Trinajstić information content (AvgIpc) is 3.02. The molecular weight excluding hydrogens is 440 g/mol. The van der Waals surface area contributed by atoms with Crippen molar-refractivity contribution >= 4 is 39.3 Å². The summed E-state index contributed by atoms with van der Waals surface area (Å²) < 4.78 is 2.60. The fraction of sp³-hybridized carbons (Fsp3) is 0.250. The number of aromatic nitrogens is 3. The van der Waals surface area contributed by atoms with E-state index in [1.165, 1.54) is 11.8 Å². The number of nitrogens with zero attached hydrogens (tertiary/aromatic N) is 3. The molecule has 0 fully saturated rings. The molecule has 8 heteroatoms. The van der Waals surface area contributed by atoms with E-state index in [-0.39, 0.29) is 17.4 Å². The molecule has 1 aromatic heterocycles. The van der Waals surface area contributed by atoms with Gasteiger partial charge in [-0.15, -0.1) is 10.2 Å². The van der Waals surface area contributed by atoms with Gasteiger partial charge >= 0.3 is 0 Å². The van der Waals surface area contributed by atoms with Crippen molar-refractivity contribution in [1.29, 1.82) is 0 Å². The molecule has 28 heavy (non-hydrogen) atoms. The lowest BCUT2D eigenvalue weighted by atomic mass is 10.0. The minimum Gasteiger partial charge on any atom is -0.507 e. The van der Waals surface area contributed by atoms with Gasteiger partial charge in [-0.05, 0) is 35.7 Å². The van der Waals surface area contributed by atoms with Gasteiger partial charge in [-0.2, -0.15) is 0 Å². The number of phenolic OH excluding ortho intramolecular Hbond substituents is 1. The predicted molar refractivity (Wildman–Crippen MR) is 116 cm³/mol. The van der Waals surface area contributed by atoms with Crippen molar-refractivity contribution in [2.45, 2.75) is 24.9 Å². The number of nitrogens with one attached hydrogen (secondary N) is 1. The molecule has 3 aromatic rings. The van der Waals surface area contributed by atoms with E-state index >= 15 is 0 Å². The first-order valence-electron chi connectivity index (χ1n) is 8.76. The Bertz CT molecular complexity index is 1000. The van der Waals surface area contributed by atoms with Crippen LogP contribution in [0.5, 0.6) is 5.75 Å². The summed E-state index contributed by atoms with van der Waals surface area (Å²) >= 11 is 4.69. The molecule has 2 N–H and O–H groups in total. The zero-order chi connectivity index (χ0) is 20.3. The van der Waals surface area contributed by atoms with Crippen LogP contribution in [0.1, 0.15) is 25.3 Å². The van der Waals surface area contributed by atoms with Crippen LogP contribution in [0.4, 0.5) is 5.69 Å². The van der Waals surface area contributed by atoms with Crippen LogP contribution in [-0.2, 0) is 11.8 Å². The number of anilines is 1. The van der Waals surface area contributed by atoms with E-state index in [4.69, 9.17) is 0 Å². The molecule has 6 nitrogen and oxygen atoms in total. The molecule has 1 heterocycles. The fourth-order valence-corrected chi connectivity index (χ4v) is 3.87. The van der Waals surface area contributed by atoms with Crippen LogP contribution in [0.2, 0.25) is 0 Å². The van der Waals surface area contributed by atoms with Gasteiger partial charge in [0.05, 0.1) is 11.3 Å². The molecular formula is C20H21BrN4O2S. The molecule has 0 aliphatic rings. The summed E-state index contributed by atoms with van der Waals surface area (Å²) in [5.41, 5.74) is 2.51. The van der Waals surface area contributed by atoms with E-state index in [1.54, 1.807) is 22.8 Å². The maximum Gasteiger partial charge on any atom is 0.234 e. The minimum atomic E-state index is -0.104. The van der Waals surface area contributed by atoms with Crippen molar-refractivity contribution in [3.8, 4) is 17.1 Å². The minimum absolute atomic E-state index is 0.104. The molecule has 0 unspecified atom stereocenters. The van der Waals surface area contributed by atoms with Crippen molar-refractivity contribution in [1.82, 2.24) is 14.8 Å². The second-order valence-electron chi connectivity index (χ2n) is 6.61. The highest BCUT2D eigenvalue weighted by molar-refractivity contribution is 9.10. The van der Waals surface area contributed by atoms with Crippen molar-refractivity contribution in [3.63, 3.8) is 0 Å². The Morgan fingerprint density at radius 1 is 1.25 bits per heavy atom. The molecule has 0 saturated carbocycles. The van der Waals surface area contributed by atoms with Gasteiger partial charge in [0, 0.05) is 17.2 Å². The molecule has 0 radical (unpaired) electrons. The molecule has 0 atom stereocenters. The van der Waals surface area contributed by atoms with Gasteiger partial charge < -0.3 is 15.0 Å². The molecule has 0 aliphatic heterocycles. The predicted octanol–water partition coefficient (Wildman–Crippen LogP) is 4.80. The van der Waals surface area contributed by atoms with Crippen molar-refractivity contribution in [3.05, 3.63) is 52.5 Å². The van der Waals surface area contributed by atoms with Crippen LogP contribution < -0.4 is 5.32 Å². The first-order valence-corrected chi connectivity index (χ1v) is 10.5. The van der Waals surface area contributed by atoms with Crippen molar-refractivity contribution in [2.75, 3.05) is 11.1 Å². The van der Waals surface area contributed by atoms with Crippen molar-refractivity contribution in [2.24, 2.45) is 7.05 Å².